The number of ketones is 1. The molecule has 1 aliphatic heterocycles. The number of hydrogen-bond donors (Lipinski definition) is 4. The topological polar surface area (TPSA) is 196 Å². The summed E-state index contributed by atoms with van der Waals surface area (Å²) in [6, 6.07) is 2.95. The zero-order chi connectivity index (χ0) is 28.8. The van der Waals surface area contributed by atoms with Crippen molar-refractivity contribution in [3.05, 3.63) is 46.3 Å². The highest BCUT2D eigenvalue weighted by molar-refractivity contribution is 7.09. The highest BCUT2D eigenvalue weighted by Gasteiger charge is 2.38. The molecular weight excluding hydrogens is 534 g/mol. The molecule has 1 saturated heterocycles. The number of Topliss-reactive ketones (excluding diaryl/α,β-unsaturated/α-hetero) is 1. The Bertz CT molecular complexity index is 1400. The molecule has 3 aromatic rings. The largest absolute Gasteiger partial charge is 0.495 e. The number of nitrogens with one attached hydrogen (secondary N) is 1. The second-order valence-electron chi connectivity index (χ2n) is 9.74. The van der Waals surface area contributed by atoms with Gasteiger partial charge in [-0.25, -0.2) is 9.97 Å². The van der Waals surface area contributed by atoms with Crippen LogP contribution in [0.2, 0.25) is 0 Å². The Morgan fingerprint density at radius 2 is 2.00 bits per heavy atom. The number of pyridine rings is 1. The van der Waals surface area contributed by atoms with Crippen LogP contribution in [0.4, 0.5) is 0 Å². The second-order valence-corrected chi connectivity index (χ2v) is 10.6. The van der Waals surface area contributed by atoms with Crippen molar-refractivity contribution in [1.29, 1.82) is 0 Å². The average Bonchev–Trinajstić information content (AvgIpc) is 3.68. The summed E-state index contributed by atoms with van der Waals surface area (Å²) in [7, 11) is 3.12. The maximum Gasteiger partial charge on any atom is 0.274 e. The minimum Gasteiger partial charge on any atom is -0.495 e. The molecule has 4 heterocycles. The summed E-state index contributed by atoms with van der Waals surface area (Å²) in [6.07, 6.45) is 5.87. The van der Waals surface area contributed by atoms with Crippen molar-refractivity contribution in [3.63, 3.8) is 0 Å². The van der Waals surface area contributed by atoms with Crippen LogP contribution in [0.1, 0.15) is 64.1 Å². The number of thiazole rings is 1. The van der Waals surface area contributed by atoms with E-state index in [1.165, 1.54) is 11.3 Å². The number of aliphatic imine (C=N–C) groups is 1. The molecule has 0 radical (unpaired) electrons. The first-order chi connectivity index (χ1) is 19.2. The number of imidazole rings is 1. The third kappa shape index (κ3) is 6.74. The molecule has 3 atom stereocenters. The van der Waals surface area contributed by atoms with E-state index in [9.17, 15) is 14.4 Å². The van der Waals surface area contributed by atoms with Crippen LogP contribution in [-0.2, 0) is 4.79 Å². The lowest BCUT2D eigenvalue weighted by molar-refractivity contribution is -0.124. The third-order valence-electron chi connectivity index (χ3n) is 6.87. The van der Waals surface area contributed by atoms with Crippen LogP contribution in [-0.4, -0.2) is 76.1 Å². The van der Waals surface area contributed by atoms with E-state index in [1.807, 2.05) is 0 Å². The minimum atomic E-state index is -0.492. The smallest absolute Gasteiger partial charge is 0.274 e. The van der Waals surface area contributed by atoms with Crippen molar-refractivity contribution >= 4 is 40.5 Å². The van der Waals surface area contributed by atoms with Gasteiger partial charge in [0.2, 0.25) is 5.91 Å². The fourth-order valence-corrected chi connectivity index (χ4v) is 5.76. The summed E-state index contributed by atoms with van der Waals surface area (Å²) in [5, 5.41) is 4.95. The number of guanidine groups is 1. The van der Waals surface area contributed by atoms with Crippen molar-refractivity contribution in [2.45, 2.75) is 44.2 Å². The lowest BCUT2D eigenvalue weighted by Crippen LogP contribution is -2.33. The van der Waals surface area contributed by atoms with Crippen LogP contribution < -0.4 is 27.3 Å². The van der Waals surface area contributed by atoms with Gasteiger partial charge in [0.15, 0.2) is 11.7 Å². The molecule has 0 aromatic carbocycles. The molecule has 40 heavy (non-hydrogen) atoms. The molecule has 7 N–H and O–H groups in total. The van der Waals surface area contributed by atoms with E-state index in [1.54, 1.807) is 53.4 Å². The molecule has 1 fully saturated rings. The van der Waals surface area contributed by atoms with Gasteiger partial charge in [-0.05, 0) is 31.4 Å². The number of ether oxygens (including phenoxy) is 1. The number of amides is 2. The quantitative estimate of drug-likeness (QED) is 0.107. The molecule has 2 amide bonds. The number of hydrogen-bond acceptors (Lipinski definition) is 9. The van der Waals surface area contributed by atoms with Gasteiger partial charge in [0.05, 0.1) is 19.3 Å². The molecule has 0 aliphatic carbocycles. The van der Waals surface area contributed by atoms with Gasteiger partial charge in [0.25, 0.3) is 5.91 Å². The van der Waals surface area contributed by atoms with Crippen LogP contribution in [0.5, 0.6) is 5.75 Å². The fraction of sp³-hybridized carbons (Fsp3) is 0.462. The Labute approximate surface area is 235 Å². The lowest BCUT2D eigenvalue weighted by Gasteiger charge is -2.21. The summed E-state index contributed by atoms with van der Waals surface area (Å²) in [4.78, 5) is 53.7. The van der Waals surface area contributed by atoms with E-state index >= 15 is 0 Å². The number of aromatic nitrogens is 3. The summed E-state index contributed by atoms with van der Waals surface area (Å²) in [5.41, 5.74) is 18.1. The molecule has 214 valence electrons. The van der Waals surface area contributed by atoms with Gasteiger partial charge in [-0.1, -0.05) is 6.42 Å². The SMILES string of the molecule is CNC(=O)[C@H](CCCCN=C(N)N)CC(=O)c1csc([C@@H]2C[C@@H](N)CN2C(=O)c2cn3cc(OC)ccc3n2)n1. The van der Waals surface area contributed by atoms with Crippen molar-refractivity contribution in [3.8, 4) is 5.75 Å². The monoisotopic (exact) mass is 569 g/mol. The maximum absolute atomic E-state index is 13.5. The summed E-state index contributed by atoms with van der Waals surface area (Å²) in [5.74, 6) is -0.504. The van der Waals surface area contributed by atoms with Gasteiger partial charge in [-0.2, -0.15) is 0 Å². The number of carbonyl (C=O) groups excluding carboxylic acids is 3. The molecule has 3 aromatic heterocycles. The zero-order valence-electron chi connectivity index (χ0n) is 22.6. The lowest BCUT2D eigenvalue weighted by atomic mass is 9.94. The summed E-state index contributed by atoms with van der Waals surface area (Å²) < 4.78 is 6.99. The molecule has 14 heteroatoms. The Balaban J connectivity index is 1.45. The van der Waals surface area contributed by atoms with Gasteiger partial charge in [0.1, 0.15) is 27.8 Å². The number of methoxy groups -OCH3 is 1. The average molecular weight is 570 g/mol. The first-order valence-electron chi connectivity index (χ1n) is 13.0. The van der Waals surface area contributed by atoms with Crippen LogP contribution in [0.15, 0.2) is 34.9 Å². The number of likely N-dealkylation sites (tertiary alicyclic amines) is 1. The van der Waals surface area contributed by atoms with E-state index in [2.05, 4.69) is 20.3 Å². The van der Waals surface area contributed by atoms with E-state index in [0.717, 1.165) is 0 Å². The van der Waals surface area contributed by atoms with Crippen molar-refractivity contribution < 1.29 is 19.1 Å². The van der Waals surface area contributed by atoms with Gasteiger partial charge in [-0.15, -0.1) is 11.3 Å². The van der Waals surface area contributed by atoms with E-state index < -0.39 is 5.92 Å². The van der Waals surface area contributed by atoms with Gasteiger partial charge < -0.3 is 36.6 Å². The van der Waals surface area contributed by atoms with Crippen molar-refractivity contribution in [2.75, 3.05) is 27.2 Å². The number of fused-ring (bicyclic) bond motifs is 1. The van der Waals surface area contributed by atoms with Gasteiger partial charge in [-0.3, -0.25) is 19.4 Å². The van der Waals surface area contributed by atoms with E-state index in [0.29, 0.717) is 55.2 Å². The number of nitrogens with zero attached hydrogens (tertiary/aromatic N) is 5. The fourth-order valence-electron chi connectivity index (χ4n) is 4.81. The highest BCUT2D eigenvalue weighted by Crippen LogP contribution is 2.35. The molecule has 1 aliphatic rings. The van der Waals surface area contributed by atoms with Crippen LogP contribution in [0.3, 0.4) is 0 Å². The first kappa shape index (κ1) is 29.0. The van der Waals surface area contributed by atoms with E-state index in [-0.39, 0.29) is 53.4 Å². The Hall–Kier alpha value is -4.04. The number of carbonyl (C=O) groups is 3. The highest BCUT2D eigenvalue weighted by atomic mass is 32.1. The number of rotatable bonds is 12. The molecule has 13 nitrogen and oxygen atoms in total. The Kier molecular flexibility index (Phi) is 9.32. The van der Waals surface area contributed by atoms with Crippen LogP contribution in [0, 0.1) is 5.92 Å². The summed E-state index contributed by atoms with van der Waals surface area (Å²) in [6.45, 7) is 0.816. The molecule has 0 unspecified atom stereocenters. The van der Waals surface area contributed by atoms with Crippen LogP contribution >= 0.6 is 11.3 Å². The predicted molar refractivity (Wildman–Crippen MR) is 151 cm³/mol. The second kappa shape index (κ2) is 12.9. The first-order valence-corrected chi connectivity index (χ1v) is 13.9. The van der Waals surface area contributed by atoms with Crippen molar-refractivity contribution in [2.24, 2.45) is 28.1 Å². The maximum atomic E-state index is 13.5. The normalized spacial score (nSPS) is 17.5. The van der Waals surface area contributed by atoms with Gasteiger partial charge in [0, 0.05) is 50.1 Å². The Morgan fingerprint density at radius 1 is 1.20 bits per heavy atom. The zero-order valence-corrected chi connectivity index (χ0v) is 23.4. The Morgan fingerprint density at radius 3 is 2.73 bits per heavy atom. The molecular formula is C26H35N9O4S. The van der Waals surface area contributed by atoms with Crippen molar-refractivity contribution in [1.82, 2.24) is 24.6 Å². The minimum absolute atomic E-state index is 0.0276. The van der Waals surface area contributed by atoms with E-state index in [4.69, 9.17) is 21.9 Å². The molecule has 0 bridgehead atoms. The number of nitrogens with two attached hydrogens (primary N) is 3. The third-order valence-corrected chi connectivity index (χ3v) is 7.82. The van der Waals surface area contributed by atoms with Gasteiger partial charge >= 0.3 is 0 Å². The summed E-state index contributed by atoms with van der Waals surface area (Å²) >= 11 is 1.31. The predicted octanol–water partition coefficient (Wildman–Crippen LogP) is 1.09. The number of unbranched alkanes of at least 4 members (excludes halogenated alkanes) is 1. The molecule has 0 saturated carbocycles. The molecule has 0 spiro atoms. The van der Waals surface area contributed by atoms with Crippen LogP contribution in [0.25, 0.3) is 5.65 Å². The standard InChI is InChI=1S/C26H35N9O4S/c1-30-23(37)15(5-3-4-8-31-26(28)29)9-21(36)19-14-40-24(33-19)20-10-16(27)11-35(20)25(38)18-13-34-12-17(39-2)6-7-22(34)32-18/h6-7,12-16,20H,3-5,8-11,27H2,1-2H3,(H,30,37)(H4,28,29,31)/t15-,16-,20+/m1/s1. The molecule has 4 rings (SSSR count).